The van der Waals surface area contributed by atoms with Crippen molar-refractivity contribution in [2.24, 2.45) is 5.41 Å². The molecule has 0 aromatic rings. The van der Waals surface area contributed by atoms with Gasteiger partial charge in [-0.05, 0) is 31.6 Å². The largest absolute Gasteiger partial charge is 0.356 e. The van der Waals surface area contributed by atoms with Gasteiger partial charge in [-0.3, -0.25) is 4.79 Å². The lowest BCUT2D eigenvalue weighted by atomic mass is 9.83. The van der Waals surface area contributed by atoms with Gasteiger partial charge in [0, 0.05) is 26.1 Å². The maximum atomic E-state index is 11.2. The van der Waals surface area contributed by atoms with Crippen LogP contribution in [0.1, 0.15) is 52.4 Å². The average molecular weight is 226 g/mol. The summed E-state index contributed by atoms with van der Waals surface area (Å²) in [5, 5.41) is 6.27. The highest BCUT2D eigenvalue weighted by molar-refractivity contribution is 5.75. The summed E-state index contributed by atoms with van der Waals surface area (Å²) in [5.41, 5.74) is 0.529. The van der Waals surface area contributed by atoms with Crippen LogP contribution in [0.3, 0.4) is 0 Å². The topological polar surface area (TPSA) is 41.1 Å². The smallest absolute Gasteiger partial charge is 0.221 e. The first-order valence-corrected chi connectivity index (χ1v) is 6.70. The molecule has 3 nitrogen and oxygen atoms in total. The molecule has 2 N–H and O–H groups in total. The van der Waals surface area contributed by atoms with Crippen molar-refractivity contribution < 1.29 is 4.79 Å². The first kappa shape index (κ1) is 13.5. The average Bonchev–Trinajstić information content (AvgIpc) is 2.74. The Labute approximate surface area is 99.4 Å². The molecular weight excluding hydrogens is 200 g/mol. The summed E-state index contributed by atoms with van der Waals surface area (Å²) in [5.74, 6) is 0.159. The van der Waals surface area contributed by atoms with E-state index in [1.807, 2.05) is 6.92 Å². The van der Waals surface area contributed by atoms with Gasteiger partial charge >= 0.3 is 0 Å². The number of nitrogens with one attached hydrogen (secondary N) is 2. The molecule has 0 heterocycles. The second-order valence-corrected chi connectivity index (χ2v) is 4.94. The molecule has 0 atom stereocenters. The summed E-state index contributed by atoms with van der Waals surface area (Å²) in [6.45, 7) is 6.88. The molecule has 0 saturated heterocycles. The molecule has 1 rings (SSSR count). The molecular formula is C13H26N2O. The highest BCUT2D eigenvalue weighted by atomic mass is 16.1. The Kier molecular flexibility index (Phi) is 5.81. The lowest BCUT2D eigenvalue weighted by Crippen LogP contribution is -2.34. The molecule has 0 unspecified atom stereocenters. The Bertz CT molecular complexity index is 210. The number of carbonyl (C=O) groups is 1. The van der Waals surface area contributed by atoms with Crippen molar-refractivity contribution in [3.8, 4) is 0 Å². The Morgan fingerprint density at radius 3 is 2.50 bits per heavy atom. The van der Waals surface area contributed by atoms with E-state index in [0.29, 0.717) is 11.8 Å². The van der Waals surface area contributed by atoms with Gasteiger partial charge in [-0.1, -0.05) is 19.8 Å². The van der Waals surface area contributed by atoms with Gasteiger partial charge in [-0.15, -0.1) is 0 Å². The third-order valence-electron chi connectivity index (χ3n) is 3.82. The maximum Gasteiger partial charge on any atom is 0.221 e. The molecule has 0 bridgehead atoms. The van der Waals surface area contributed by atoms with E-state index in [1.165, 1.54) is 32.1 Å². The van der Waals surface area contributed by atoms with E-state index in [4.69, 9.17) is 0 Å². The second-order valence-electron chi connectivity index (χ2n) is 4.94. The SMILES string of the molecule is CCNC(=O)CCNCC1(CC)CCCC1. The number of hydrogen-bond acceptors (Lipinski definition) is 2. The van der Waals surface area contributed by atoms with E-state index in [-0.39, 0.29) is 5.91 Å². The minimum atomic E-state index is 0.159. The third kappa shape index (κ3) is 4.12. The number of rotatable bonds is 7. The van der Waals surface area contributed by atoms with Gasteiger partial charge in [0.2, 0.25) is 5.91 Å². The van der Waals surface area contributed by atoms with Gasteiger partial charge < -0.3 is 10.6 Å². The number of carbonyl (C=O) groups excluding carboxylic acids is 1. The molecule has 0 radical (unpaired) electrons. The summed E-state index contributed by atoms with van der Waals surface area (Å²) in [7, 11) is 0. The Balaban J connectivity index is 2.12. The van der Waals surface area contributed by atoms with Crippen molar-refractivity contribution in [1.82, 2.24) is 10.6 Å². The minimum absolute atomic E-state index is 0.159. The molecule has 0 spiro atoms. The first-order chi connectivity index (χ1) is 7.72. The van der Waals surface area contributed by atoms with Crippen molar-refractivity contribution in [3.63, 3.8) is 0 Å². The van der Waals surface area contributed by atoms with Crippen LogP contribution in [0.25, 0.3) is 0 Å². The number of hydrogen-bond donors (Lipinski definition) is 2. The molecule has 3 heteroatoms. The summed E-state index contributed by atoms with van der Waals surface area (Å²) in [6, 6.07) is 0. The van der Waals surface area contributed by atoms with Gasteiger partial charge in [0.15, 0.2) is 0 Å². The zero-order chi connectivity index (χ0) is 11.9. The summed E-state index contributed by atoms with van der Waals surface area (Å²) in [6.07, 6.45) is 7.35. The Morgan fingerprint density at radius 2 is 1.94 bits per heavy atom. The van der Waals surface area contributed by atoms with E-state index >= 15 is 0 Å². The predicted molar refractivity (Wildman–Crippen MR) is 67.4 cm³/mol. The molecule has 16 heavy (non-hydrogen) atoms. The molecule has 0 aromatic heterocycles. The van der Waals surface area contributed by atoms with E-state index in [9.17, 15) is 4.79 Å². The summed E-state index contributed by atoms with van der Waals surface area (Å²) < 4.78 is 0. The second kappa shape index (κ2) is 6.89. The zero-order valence-corrected chi connectivity index (χ0v) is 10.8. The Hall–Kier alpha value is -0.570. The molecule has 94 valence electrons. The van der Waals surface area contributed by atoms with E-state index in [1.54, 1.807) is 0 Å². The van der Waals surface area contributed by atoms with Crippen LogP contribution in [0.5, 0.6) is 0 Å². The fourth-order valence-electron chi connectivity index (χ4n) is 2.62. The molecule has 1 fully saturated rings. The fourth-order valence-corrected chi connectivity index (χ4v) is 2.62. The highest BCUT2D eigenvalue weighted by Gasteiger charge is 2.31. The van der Waals surface area contributed by atoms with Gasteiger partial charge in [0.05, 0.1) is 0 Å². The standard InChI is InChI=1S/C13H26N2O/c1-3-13(8-5-6-9-13)11-14-10-7-12(16)15-4-2/h14H,3-11H2,1-2H3,(H,15,16). The van der Waals surface area contributed by atoms with E-state index < -0.39 is 0 Å². The van der Waals surface area contributed by atoms with Gasteiger partial charge in [-0.2, -0.15) is 0 Å². The minimum Gasteiger partial charge on any atom is -0.356 e. The van der Waals surface area contributed by atoms with Crippen LogP contribution >= 0.6 is 0 Å². The molecule has 1 amide bonds. The van der Waals surface area contributed by atoms with Gasteiger partial charge in [0.1, 0.15) is 0 Å². The van der Waals surface area contributed by atoms with Crippen molar-refractivity contribution in [2.45, 2.75) is 52.4 Å². The molecule has 0 aromatic carbocycles. The quantitative estimate of drug-likeness (QED) is 0.653. The van der Waals surface area contributed by atoms with Crippen LogP contribution in [0, 0.1) is 5.41 Å². The number of amides is 1. The lowest BCUT2D eigenvalue weighted by Gasteiger charge is -2.27. The fraction of sp³-hybridized carbons (Fsp3) is 0.923. The monoisotopic (exact) mass is 226 g/mol. The van der Waals surface area contributed by atoms with E-state index in [2.05, 4.69) is 17.6 Å². The van der Waals surface area contributed by atoms with Crippen LogP contribution < -0.4 is 10.6 Å². The van der Waals surface area contributed by atoms with Crippen LogP contribution in [0.4, 0.5) is 0 Å². The van der Waals surface area contributed by atoms with Crippen LogP contribution in [-0.2, 0) is 4.79 Å². The normalized spacial score (nSPS) is 18.6. The first-order valence-electron chi connectivity index (χ1n) is 6.70. The summed E-state index contributed by atoms with van der Waals surface area (Å²) >= 11 is 0. The zero-order valence-electron chi connectivity index (χ0n) is 10.8. The molecule has 1 saturated carbocycles. The lowest BCUT2D eigenvalue weighted by molar-refractivity contribution is -0.120. The van der Waals surface area contributed by atoms with E-state index in [0.717, 1.165) is 19.6 Å². The van der Waals surface area contributed by atoms with Crippen molar-refractivity contribution in [1.29, 1.82) is 0 Å². The van der Waals surface area contributed by atoms with Crippen molar-refractivity contribution in [3.05, 3.63) is 0 Å². The maximum absolute atomic E-state index is 11.2. The highest BCUT2D eigenvalue weighted by Crippen LogP contribution is 2.40. The molecule has 0 aliphatic heterocycles. The van der Waals surface area contributed by atoms with Crippen molar-refractivity contribution in [2.75, 3.05) is 19.6 Å². The Morgan fingerprint density at radius 1 is 1.25 bits per heavy atom. The van der Waals surface area contributed by atoms with Crippen molar-refractivity contribution >= 4 is 5.91 Å². The van der Waals surface area contributed by atoms with Crippen LogP contribution in [0.2, 0.25) is 0 Å². The van der Waals surface area contributed by atoms with Crippen LogP contribution in [-0.4, -0.2) is 25.5 Å². The summed E-state index contributed by atoms with van der Waals surface area (Å²) in [4.78, 5) is 11.2. The third-order valence-corrected chi connectivity index (χ3v) is 3.82. The molecule has 1 aliphatic rings. The molecule has 1 aliphatic carbocycles. The van der Waals surface area contributed by atoms with Crippen LogP contribution in [0.15, 0.2) is 0 Å². The van der Waals surface area contributed by atoms with Gasteiger partial charge in [0.25, 0.3) is 0 Å². The van der Waals surface area contributed by atoms with Gasteiger partial charge in [-0.25, -0.2) is 0 Å². The predicted octanol–water partition coefficient (Wildman–Crippen LogP) is 2.07.